The third-order valence-corrected chi connectivity index (χ3v) is 5.05. The number of hydrogen-bond acceptors (Lipinski definition) is 6. The molecule has 0 saturated heterocycles. The number of carboxylic acid groups (broad SMARTS) is 1. The summed E-state index contributed by atoms with van der Waals surface area (Å²) in [6.45, 7) is 4.32. The maximum Gasteiger partial charge on any atom is 0.304 e. The molecule has 108 valence electrons. The lowest BCUT2D eigenvalue weighted by molar-refractivity contribution is -0.136. The van der Waals surface area contributed by atoms with E-state index in [0.717, 1.165) is 5.75 Å². The van der Waals surface area contributed by atoms with Gasteiger partial charge in [0.2, 0.25) is 0 Å². The minimum Gasteiger partial charge on any atom is -0.481 e. The molecule has 0 fully saturated rings. The molecule has 0 unspecified atom stereocenters. The zero-order valence-electron chi connectivity index (χ0n) is 10.9. The van der Waals surface area contributed by atoms with Crippen molar-refractivity contribution in [1.82, 2.24) is 5.32 Å². The van der Waals surface area contributed by atoms with Crippen molar-refractivity contribution in [2.75, 3.05) is 18.1 Å². The molecule has 0 aromatic rings. The predicted octanol–water partition coefficient (Wildman–Crippen LogP) is 1.37. The van der Waals surface area contributed by atoms with Crippen molar-refractivity contribution in [2.45, 2.75) is 26.4 Å². The number of carbonyl (C=O) groups is 2. The number of nitrogens with one attached hydrogen (secondary N) is 1. The lowest BCUT2D eigenvalue weighted by Crippen LogP contribution is -2.36. The van der Waals surface area contributed by atoms with E-state index in [9.17, 15) is 9.59 Å². The minimum absolute atomic E-state index is 0.0117. The fourth-order valence-corrected chi connectivity index (χ4v) is 3.21. The van der Waals surface area contributed by atoms with Crippen LogP contribution in [0.1, 0.15) is 20.3 Å². The van der Waals surface area contributed by atoms with E-state index < -0.39 is 5.97 Å². The van der Waals surface area contributed by atoms with Crippen LogP contribution in [-0.4, -0.2) is 46.8 Å². The quantitative estimate of drug-likeness (QED) is 0.520. The van der Waals surface area contributed by atoms with Gasteiger partial charge in [0.15, 0.2) is 5.71 Å². The van der Waals surface area contributed by atoms with Crippen LogP contribution < -0.4 is 5.32 Å². The molecule has 0 saturated carbocycles. The van der Waals surface area contributed by atoms with E-state index in [1.165, 1.54) is 10.8 Å². The molecule has 0 radical (unpaired) electrons. The summed E-state index contributed by atoms with van der Waals surface area (Å²) in [6, 6.07) is 0. The summed E-state index contributed by atoms with van der Waals surface area (Å²) in [7, 11) is 3.04. The maximum atomic E-state index is 11.8. The molecule has 1 aliphatic rings. The van der Waals surface area contributed by atoms with Gasteiger partial charge in [-0.05, 0) is 6.92 Å². The summed E-state index contributed by atoms with van der Waals surface area (Å²) in [5, 5.41) is 15.0. The van der Waals surface area contributed by atoms with Crippen LogP contribution in [0.4, 0.5) is 0 Å². The van der Waals surface area contributed by atoms with Crippen LogP contribution in [0.3, 0.4) is 0 Å². The normalized spacial score (nSPS) is 21.7. The molecule has 0 spiro atoms. The number of amides is 1. The third-order valence-electron chi connectivity index (χ3n) is 2.64. The number of nitrogens with zero attached hydrogens (tertiary/aromatic N) is 1. The van der Waals surface area contributed by atoms with Crippen molar-refractivity contribution in [3.05, 3.63) is 0 Å². The fourth-order valence-electron chi connectivity index (χ4n) is 1.33. The number of carbonyl (C=O) groups excluding carboxylic acids is 1. The first-order valence-corrected chi connectivity index (χ1v) is 8.49. The number of rotatable bonds is 8. The van der Waals surface area contributed by atoms with Crippen molar-refractivity contribution >= 4 is 39.2 Å². The van der Waals surface area contributed by atoms with Crippen molar-refractivity contribution in [2.24, 2.45) is 11.1 Å². The highest BCUT2D eigenvalue weighted by Gasteiger charge is 2.31. The first-order chi connectivity index (χ1) is 9.02. The average Bonchev–Trinajstić information content (AvgIpc) is 2.68. The second-order valence-electron chi connectivity index (χ2n) is 4.12. The van der Waals surface area contributed by atoms with Crippen LogP contribution in [0.15, 0.2) is 5.16 Å². The van der Waals surface area contributed by atoms with Crippen LogP contribution in [0, 0.1) is 5.92 Å². The Morgan fingerprint density at radius 3 is 2.63 bits per heavy atom. The molecular formula is C11H18N2O4S2. The summed E-state index contributed by atoms with van der Waals surface area (Å²) < 4.78 is 0. The Bertz CT molecular complexity index is 363. The first kappa shape index (κ1) is 16.2. The molecule has 8 heteroatoms. The van der Waals surface area contributed by atoms with Gasteiger partial charge in [0.25, 0.3) is 5.91 Å². The fraction of sp³-hybridized carbons (Fsp3) is 0.727. The molecule has 1 aliphatic heterocycles. The molecule has 0 aliphatic carbocycles. The summed E-state index contributed by atoms with van der Waals surface area (Å²) in [5.41, 5.74) is 0.441. The standard InChI is InChI=1S/C11H18N2O4S2/c1-7-8(2)17-13-10(7)11(16)12-4-6-19-18-5-3-9(14)15/h7-8H,3-6H2,1-2H3,(H,12,16)(H,14,15)/t7-,8-/m0/s1. The zero-order valence-corrected chi connectivity index (χ0v) is 12.6. The van der Waals surface area contributed by atoms with Gasteiger partial charge in [-0.15, -0.1) is 0 Å². The van der Waals surface area contributed by atoms with Crippen molar-refractivity contribution < 1.29 is 19.5 Å². The second kappa shape index (κ2) is 8.31. The maximum absolute atomic E-state index is 11.8. The van der Waals surface area contributed by atoms with Crippen molar-refractivity contribution in [3.63, 3.8) is 0 Å². The summed E-state index contributed by atoms with van der Waals surface area (Å²) in [6.07, 6.45) is 0.106. The third kappa shape index (κ3) is 5.73. The molecule has 2 atom stereocenters. The lowest BCUT2D eigenvalue weighted by atomic mass is 10.0. The van der Waals surface area contributed by atoms with E-state index in [0.29, 0.717) is 18.0 Å². The highest BCUT2D eigenvalue weighted by Crippen LogP contribution is 2.21. The molecule has 2 N–H and O–H groups in total. The first-order valence-electron chi connectivity index (χ1n) is 6.00. The van der Waals surface area contributed by atoms with E-state index in [-0.39, 0.29) is 24.3 Å². The van der Waals surface area contributed by atoms with Gasteiger partial charge in [0.1, 0.15) is 6.10 Å². The van der Waals surface area contributed by atoms with Crippen LogP contribution in [0.25, 0.3) is 0 Å². The Balaban J connectivity index is 2.07. The van der Waals surface area contributed by atoms with Gasteiger partial charge in [-0.1, -0.05) is 33.7 Å². The van der Waals surface area contributed by atoms with Gasteiger partial charge < -0.3 is 15.3 Å². The topological polar surface area (TPSA) is 88.0 Å². The van der Waals surface area contributed by atoms with Crippen LogP contribution in [-0.2, 0) is 14.4 Å². The smallest absolute Gasteiger partial charge is 0.304 e. The van der Waals surface area contributed by atoms with E-state index in [1.54, 1.807) is 10.8 Å². The minimum atomic E-state index is -0.788. The number of carboxylic acids is 1. The summed E-state index contributed by atoms with van der Waals surface area (Å²) in [4.78, 5) is 27.1. The van der Waals surface area contributed by atoms with E-state index >= 15 is 0 Å². The molecule has 0 aromatic carbocycles. The van der Waals surface area contributed by atoms with Gasteiger partial charge in [0.05, 0.1) is 6.42 Å². The SMILES string of the molecule is C[C@@H]1ON=C(C(=O)NCCSSCCC(=O)O)[C@H]1C. The molecule has 1 amide bonds. The lowest BCUT2D eigenvalue weighted by Gasteiger charge is -2.09. The highest BCUT2D eigenvalue weighted by molar-refractivity contribution is 8.76. The number of hydrogen-bond donors (Lipinski definition) is 2. The van der Waals surface area contributed by atoms with Gasteiger partial charge in [-0.2, -0.15) is 0 Å². The van der Waals surface area contributed by atoms with Crippen LogP contribution in [0.5, 0.6) is 0 Å². The predicted molar refractivity (Wildman–Crippen MR) is 77.3 cm³/mol. The molecular weight excluding hydrogens is 288 g/mol. The van der Waals surface area contributed by atoms with Crippen LogP contribution in [0.2, 0.25) is 0 Å². The van der Waals surface area contributed by atoms with Gasteiger partial charge in [-0.25, -0.2) is 0 Å². The molecule has 1 heterocycles. The number of oxime groups is 1. The Labute approximate surface area is 120 Å². The Hall–Kier alpha value is -0.890. The monoisotopic (exact) mass is 306 g/mol. The zero-order chi connectivity index (χ0) is 14.3. The second-order valence-corrected chi connectivity index (χ2v) is 6.82. The summed E-state index contributed by atoms with van der Waals surface area (Å²) in [5.74, 6) is 0.339. The number of aliphatic carboxylic acids is 1. The highest BCUT2D eigenvalue weighted by atomic mass is 33.1. The van der Waals surface area contributed by atoms with E-state index in [4.69, 9.17) is 9.94 Å². The molecule has 0 bridgehead atoms. The molecule has 6 nitrogen and oxygen atoms in total. The summed E-state index contributed by atoms with van der Waals surface area (Å²) >= 11 is 0. The van der Waals surface area contributed by atoms with Crippen LogP contribution >= 0.6 is 21.6 Å². The average molecular weight is 306 g/mol. The van der Waals surface area contributed by atoms with Gasteiger partial charge in [0, 0.05) is 24.0 Å². The molecule has 1 rings (SSSR count). The van der Waals surface area contributed by atoms with Crippen molar-refractivity contribution in [1.29, 1.82) is 0 Å². The Morgan fingerprint density at radius 2 is 2.05 bits per heavy atom. The molecule has 0 aromatic heterocycles. The molecule has 19 heavy (non-hydrogen) atoms. The van der Waals surface area contributed by atoms with Gasteiger partial charge in [-0.3, -0.25) is 9.59 Å². The van der Waals surface area contributed by atoms with Crippen molar-refractivity contribution in [3.8, 4) is 0 Å². The van der Waals surface area contributed by atoms with Gasteiger partial charge >= 0.3 is 5.97 Å². The largest absolute Gasteiger partial charge is 0.481 e. The Morgan fingerprint density at radius 1 is 1.37 bits per heavy atom. The van der Waals surface area contributed by atoms with E-state index in [2.05, 4.69) is 10.5 Å². The van der Waals surface area contributed by atoms with E-state index in [1.807, 2.05) is 13.8 Å². The Kier molecular flexibility index (Phi) is 7.07.